The summed E-state index contributed by atoms with van der Waals surface area (Å²) < 4.78 is 15.1. The predicted octanol–water partition coefficient (Wildman–Crippen LogP) is -5.40. The van der Waals surface area contributed by atoms with Gasteiger partial charge in [-0.25, -0.2) is 0 Å². The number of aliphatic hydroxyl groups excluding tert-OH is 7. The van der Waals surface area contributed by atoms with Crippen LogP contribution >= 0.6 is 0 Å². The van der Waals surface area contributed by atoms with Crippen LogP contribution in [0.2, 0.25) is 0 Å². The third-order valence-corrected chi connectivity index (χ3v) is 4.02. The van der Waals surface area contributed by atoms with Gasteiger partial charge >= 0.3 is 0 Å². The van der Waals surface area contributed by atoms with Crippen molar-refractivity contribution in [3.8, 4) is 0 Å². The van der Waals surface area contributed by atoms with Crippen molar-refractivity contribution < 1.29 is 55.1 Å². The summed E-state index contributed by atoms with van der Waals surface area (Å²) in [4.78, 5) is 0. The van der Waals surface area contributed by atoms with Crippen LogP contribution in [0.15, 0.2) is 0 Å². The molecule has 0 amide bonds. The standard InChI is InChI=1S/C12H22O11/c13-1-4-7(16)10(19)12(20,3-21-4)23-11-9(18)8(17)6(15)5(2-14)22-11/h4-11,13-20H,1-3H2/t4?,5?,6-,7-,8?,9?,10?,11+,12+/m1/s1. The summed E-state index contributed by atoms with van der Waals surface area (Å²) in [6.07, 6.45) is -12.8. The third kappa shape index (κ3) is 3.50. The maximum atomic E-state index is 10.3. The van der Waals surface area contributed by atoms with Gasteiger partial charge in [-0.15, -0.1) is 0 Å². The van der Waals surface area contributed by atoms with Gasteiger partial charge in [-0.3, -0.25) is 0 Å². The van der Waals surface area contributed by atoms with Crippen LogP contribution in [-0.4, -0.2) is 115 Å². The molecule has 0 saturated carbocycles. The highest BCUT2D eigenvalue weighted by molar-refractivity contribution is 4.95. The summed E-state index contributed by atoms with van der Waals surface area (Å²) in [7, 11) is 0. The second-order valence-electron chi connectivity index (χ2n) is 5.63. The van der Waals surface area contributed by atoms with Gasteiger partial charge in [0, 0.05) is 0 Å². The Bertz CT molecular complexity index is 393. The van der Waals surface area contributed by atoms with Gasteiger partial charge < -0.3 is 55.1 Å². The molecule has 0 aliphatic carbocycles. The molecule has 0 radical (unpaired) electrons. The average Bonchev–Trinajstić information content (AvgIpc) is 2.54. The summed E-state index contributed by atoms with van der Waals surface area (Å²) in [5.74, 6) is -2.50. The zero-order valence-electron chi connectivity index (χ0n) is 12.0. The van der Waals surface area contributed by atoms with Gasteiger partial charge in [0.15, 0.2) is 6.29 Å². The quantitative estimate of drug-likeness (QED) is 0.228. The Morgan fingerprint density at radius 2 is 1.48 bits per heavy atom. The molecule has 2 fully saturated rings. The highest BCUT2D eigenvalue weighted by Gasteiger charge is 2.54. The lowest BCUT2D eigenvalue weighted by Crippen LogP contribution is -2.67. The molecule has 2 rings (SSSR count). The van der Waals surface area contributed by atoms with Crippen LogP contribution < -0.4 is 0 Å². The smallest absolute Gasteiger partial charge is 0.221 e. The van der Waals surface area contributed by atoms with E-state index < -0.39 is 74.6 Å². The summed E-state index contributed by atoms with van der Waals surface area (Å²) in [6, 6.07) is 0. The van der Waals surface area contributed by atoms with E-state index in [0.717, 1.165) is 0 Å². The molecule has 0 aromatic carbocycles. The molecule has 0 aromatic rings. The molecule has 8 N–H and O–H groups in total. The first kappa shape index (κ1) is 18.9. The van der Waals surface area contributed by atoms with E-state index in [1.807, 2.05) is 0 Å². The molecule has 5 unspecified atom stereocenters. The van der Waals surface area contributed by atoms with Crippen molar-refractivity contribution in [1.82, 2.24) is 0 Å². The van der Waals surface area contributed by atoms with E-state index in [1.165, 1.54) is 0 Å². The van der Waals surface area contributed by atoms with Gasteiger partial charge in [0.1, 0.15) is 49.3 Å². The fourth-order valence-corrected chi connectivity index (χ4v) is 2.51. The Kier molecular flexibility index (Phi) is 5.92. The van der Waals surface area contributed by atoms with Crippen molar-refractivity contribution in [2.75, 3.05) is 19.8 Å². The lowest BCUT2D eigenvalue weighted by molar-refractivity contribution is -0.407. The third-order valence-electron chi connectivity index (χ3n) is 4.02. The van der Waals surface area contributed by atoms with Crippen LogP contribution in [0.5, 0.6) is 0 Å². The van der Waals surface area contributed by atoms with Crippen LogP contribution in [-0.2, 0) is 14.2 Å². The van der Waals surface area contributed by atoms with Crippen LogP contribution in [0.4, 0.5) is 0 Å². The predicted molar refractivity (Wildman–Crippen MR) is 68.6 cm³/mol. The van der Waals surface area contributed by atoms with Crippen LogP contribution in [0.25, 0.3) is 0 Å². The maximum absolute atomic E-state index is 10.3. The number of ether oxygens (including phenoxy) is 3. The van der Waals surface area contributed by atoms with Gasteiger partial charge in [-0.1, -0.05) is 0 Å². The fraction of sp³-hybridized carbons (Fsp3) is 1.00. The van der Waals surface area contributed by atoms with E-state index in [9.17, 15) is 30.6 Å². The molecule has 0 spiro atoms. The van der Waals surface area contributed by atoms with Gasteiger partial charge in [0.2, 0.25) is 5.79 Å². The minimum atomic E-state index is -2.50. The zero-order chi connectivity index (χ0) is 17.4. The first-order valence-corrected chi connectivity index (χ1v) is 7.04. The molecule has 11 heteroatoms. The van der Waals surface area contributed by atoms with E-state index in [1.54, 1.807) is 0 Å². The Balaban J connectivity index is 2.10. The zero-order valence-corrected chi connectivity index (χ0v) is 12.0. The molecule has 9 atom stereocenters. The van der Waals surface area contributed by atoms with Crippen molar-refractivity contribution in [2.45, 2.75) is 54.8 Å². The Labute approximate surface area is 130 Å². The molecule has 11 nitrogen and oxygen atoms in total. The molecule has 2 aliphatic rings. The largest absolute Gasteiger partial charge is 0.394 e. The molecule has 2 heterocycles. The van der Waals surface area contributed by atoms with Gasteiger partial charge in [0.25, 0.3) is 0 Å². The van der Waals surface area contributed by atoms with Gasteiger partial charge in [0.05, 0.1) is 13.2 Å². The van der Waals surface area contributed by atoms with Crippen molar-refractivity contribution in [3.05, 3.63) is 0 Å². The van der Waals surface area contributed by atoms with Crippen LogP contribution in [0.3, 0.4) is 0 Å². The lowest BCUT2D eigenvalue weighted by Gasteiger charge is -2.47. The second-order valence-corrected chi connectivity index (χ2v) is 5.63. The first-order chi connectivity index (χ1) is 10.7. The molecule has 0 bridgehead atoms. The Hall–Kier alpha value is -0.440. The summed E-state index contributed by atoms with van der Waals surface area (Å²) in [6.45, 7) is -1.96. The minimum Gasteiger partial charge on any atom is -0.394 e. The highest BCUT2D eigenvalue weighted by Crippen LogP contribution is 2.31. The number of rotatable bonds is 4. The molecule has 136 valence electrons. The van der Waals surface area contributed by atoms with E-state index in [0.29, 0.717) is 0 Å². The topological polar surface area (TPSA) is 190 Å². The molecule has 23 heavy (non-hydrogen) atoms. The fourth-order valence-electron chi connectivity index (χ4n) is 2.51. The SMILES string of the molecule is OCC1O[C@@H](O[C@@]2(O)COC(CO)[C@@H](O)C2O)C(O)C(O)[C@@H]1O. The van der Waals surface area contributed by atoms with Crippen molar-refractivity contribution >= 4 is 0 Å². The number of hydrogen-bond donors (Lipinski definition) is 8. The maximum Gasteiger partial charge on any atom is 0.221 e. The highest BCUT2D eigenvalue weighted by atomic mass is 16.8. The molecular weight excluding hydrogens is 320 g/mol. The average molecular weight is 342 g/mol. The lowest BCUT2D eigenvalue weighted by atomic mass is 9.96. The van der Waals surface area contributed by atoms with E-state index in [4.69, 9.17) is 24.4 Å². The van der Waals surface area contributed by atoms with Crippen molar-refractivity contribution in [2.24, 2.45) is 0 Å². The minimum absolute atomic E-state index is 0.603. The molecular formula is C12H22O11. The van der Waals surface area contributed by atoms with E-state index in [-0.39, 0.29) is 0 Å². The van der Waals surface area contributed by atoms with Gasteiger partial charge in [-0.2, -0.15) is 0 Å². The monoisotopic (exact) mass is 342 g/mol. The van der Waals surface area contributed by atoms with E-state index in [2.05, 4.69) is 0 Å². The normalized spacial score (nSPS) is 51.7. The van der Waals surface area contributed by atoms with Crippen LogP contribution in [0.1, 0.15) is 0 Å². The van der Waals surface area contributed by atoms with Crippen molar-refractivity contribution in [1.29, 1.82) is 0 Å². The van der Waals surface area contributed by atoms with Crippen molar-refractivity contribution in [3.63, 3.8) is 0 Å². The Morgan fingerprint density at radius 1 is 0.870 bits per heavy atom. The summed E-state index contributed by atoms with van der Waals surface area (Å²) >= 11 is 0. The molecule has 2 aliphatic heterocycles. The number of hydrogen-bond acceptors (Lipinski definition) is 11. The second kappa shape index (κ2) is 7.21. The van der Waals surface area contributed by atoms with Crippen LogP contribution in [0, 0.1) is 0 Å². The first-order valence-electron chi connectivity index (χ1n) is 7.04. The molecule has 2 saturated heterocycles. The summed E-state index contributed by atoms with van der Waals surface area (Å²) in [5.41, 5.74) is 0. The summed E-state index contributed by atoms with van der Waals surface area (Å²) in [5, 5.41) is 77.2. The van der Waals surface area contributed by atoms with Gasteiger partial charge in [-0.05, 0) is 0 Å². The molecule has 0 aromatic heterocycles. The Morgan fingerprint density at radius 3 is 2.04 bits per heavy atom. The van der Waals surface area contributed by atoms with E-state index >= 15 is 0 Å². The number of aliphatic hydroxyl groups is 8.